The molecule has 1 rings (SSSR count). The molecule has 4 heteroatoms. The van der Waals surface area contributed by atoms with Gasteiger partial charge in [-0.2, -0.15) is 0 Å². The van der Waals surface area contributed by atoms with Crippen LogP contribution in [0.5, 0.6) is 0 Å². The van der Waals surface area contributed by atoms with Crippen LogP contribution in [0.2, 0.25) is 0 Å². The third kappa shape index (κ3) is 3.60. The van der Waals surface area contributed by atoms with E-state index in [-0.39, 0.29) is 11.9 Å². The van der Waals surface area contributed by atoms with Crippen LogP contribution >= 0.6 is 0 Å². The van der Waals surface area contributed by atoms with Gasteiger partial charge in [-0.3, -0.25) is 4.79 Å². The Kier molecular flexibility index (Phi) is 5.60. The second-order valence-corrected chi connectivity index (χ2v) is 5.07. The number of likely N-dealkylation sites (N-methyl/N-ethyl adjacent to an activating group) is 1. The zero-order valence-corrected chi connectivity index (χ0v) is 13.1. The summed E-state index contributed by atoms with van der Waals surface area (Å²) in [6.45, 7) is 12.4. The zero-order valence-electron chi connectivity index (χ0n) is 13.1. The Bertz CT molecular complexity index is 433. The number of hydrogen-bond donors (Lipinski definition) is 1. The number of carbonyl (C=O) groups excluding carboxylic acids is 1. The molecule has 1 atom stereocenters. The smallest absolute Gasteiger partial charge is 0.239 e. The summed E-state index contributed by atoms with van der Waals surface area (Å²) in [4.78, 5) is 14.0. The number of nitrogens with zero attached hydrogens (tertiary/aromatic N) is 2. The molecule has 0 bridgehead atoms. The molecular formula is C15H27N3O. The summed E-state index contributed by atoms with van der Waals surface area (Å²) < 4.78 is 2.17. The first-order valence-electron chi connectivity index (χ1n) is 7.06. The van der Waals surface area contributed by atoms with Crippen LogP contribution in [0.1, 0.15) is 37.7 Å². The van der Waals surface area contributed by atoms with Crippen molar-refractivity contribution in [3.05, 3.63) is 23.0 Å². The fourth-order valence-corrected chi connectivity index (χ4v) is 2.27. The second-order valence-electron chi connectivity index (χ2n) is 5.07. The van der Waals surface area contributed by atoms with Crippen molar-refractivity contribution in [1.29, 1.82) is 0 Å². The van der Waals surface area contributed by atoms with Gasteiger partial charge in [0.1, 0.15) is 0 Å². The molecule has 0 aliphatic rings. The minimum atomic E-state index is -0.139. The highest BCUT2D eigenvalue weighted by Gasteiger charge is 2.18. The molecule has 0 spiro atoms. The monoisotopic (exact) mass is 265 g/mol. The van der Waals surface area contributed by atoms with E-state index in [0.717, 1.165) is 19.6 Å². The lowest BCUT2D eigenvalue weighted by Gasteiger charge is -2.23. The Morgan fingerprint density at radius 1 is 1.37 bits per heavy atom. The number of aryl methyl sites for hydroxylation is 1. The van der Waals surface area contributed by atoms with Crippen LogP contribution in [0.15, 0.2) is 6.07 Å². The molecular weight excluding hydrogens is 238 g/mol. The van der Waals surface area contributed by atoms with Crippen LogP contribution in [0.3, 0.4) is 0 Å². The van der Waals surface area contributed by atoms with E-state index in [4.69, 9.17) is 0 Å². The molecule has 1 amide bonds. The molecule has 1 aromatic heterocycles. The lowest BCUT2D eigenvalue weighted by molar-refractivity contribution is -0.132. The number of carbonyl (C=O) groups is 1. The highest BCUT2D eigenvalue weighted by molar-refractivity contribution is 5.81. The average Bonchev–Trinajstić information content (AvgIpc) is 2.64. The molecule has 4 nitrogen and oxygen atoms in total. The highest BCUT2D eigenvalue weighted by atomic mass is 16.2. The Morgan fingerprint density at radius 3 is 2.37 bits per heavy atom. The van der Waals surface area contributed by atoms with E-state index in [0.29, 0.717) is 0 Å². The van der Waals surface area contributed by atoms with Gasteiger partial charge in [0, 0.05) is 38.1 Å². The molecule has 108 valence electrons. The third-order valence-corrected chi connectivity index (χ3v) is 3.92. The van der Waals surface area contributed by atoms with Crippen molar-refractivity contribution < 1.29 is 4.79 Å². The summed E-state index contributed by atoms with van der Waals surface area (Å²) >= 11 is 0. The largest absolute Gasteiger partial charge is 0.352 e. The van der Waals surface area contributed by atoms with Crippen LogP contribution < -0.4 is 5.32 Å². The third-order valence-electron chi connectivity index (χ3n) is 3.92. The van der Waals surface area contributed by atoms with Gasteiger partial charge in [0.2, 0.25) is 5.91 Å². The average molecular weight is 265 g/mol. The van der Waals surface area contributed by atoms with Crippen molar-refractivity contribution in [1.82, 2.24) is 14.8 Å². The van der Waals surface area contributed by atoms with Crippen LogP contribution in [-0.4, -0.2) is 34.5 Å². The standard InChI is InChI=1S/C15H27N3O/c1-7-18(8-2)15(19)12(4)16-10-14-9-11(3)17(6)13(14)5/h9,12,16H,7-8,10H2,1-6H3. The minimum Gasteiger partial charge on any atom is -0.352 e. The van der Waals surface area contributed by atoms with E-state index in [2.05, 4.69) is 36.8 Å². The van der Waals surface area contributed by atoms with Crippen LogP contribution in [0.25, 0.3) is 0 Å². The van der Waals surface area contributed by atoms with Gasteiger partial charge in [-0.25, -0.2) is 0 Å². The van der Waals surface area contributed by atoms with Gasteiger partial charge in [0.25, 0.3) is 0 Å². The van der Waals surface area contributed by atoms with Gasteiger partial charge < -0.3 is 14.8 Å². The summed E-state index contributed by atoms with van der Waals surface area (Å²) in [6.07, 6.45) is 0. The van der Waals surface area contributed by atoms with Gasteiger partial charge in [-0.1, -0.05) is 0 Å². The van der Waals surface area contributed by atoms with Crippen molar-refractivity contribution in [3.63, 3.8) is 0 Å². The van der Waals surface area contributed by atoms with E-state index < -0.39 is 0 Å². The molecule has 1 heterocycles. The maximum atomic E-state index is 12.1. The Balaban J connectivity index is 2.61. The zero-order chi connectivity index (χ0) is 14.6. The molecule has 0 aromatic carbocycles. The molecule has 0 aliphatic heterocycles. The van der Waals surface area contributed by atoms with E-state index in [1.165, 1.54) is 17.0 Å². The highest BCUT2D eigenvalue weighted by Crippen LogP contribution is 2.13. The molecule has 1 unspecified atom stereocenters. The fraction of sp³-hybridized carbons (Fsp3) is 0.667. The maximum absolute atomic E-state index is 12.1. The quantitative estimate of drug-likeness (QED) is 0.854. The Morgan fingerprint density at radius 2 is 1.95 bits per heavy atom. The summed E-state index contributed by atoms with van der Waals surface area (Å²) in [7, 11) is 2.07. The minimum absolute atomic E-state index is 0.139. The molecule has 1 N–H and O–H groups in total. The van der Waals surface area contributed by atoms with Crippen molar-refractivity contribution in [2.24, 2.45) is 7.05 Å². The van der Waals surface area contributed by atoms with Crippen molar-refractivity contribution in [2.75, 3.05) is 13.1 Å². The number of amides is 1. The molecule has 0 saturated heterocycles. The number of nitrogens with one attached hydrogen (secondary N) is 1. The van der Waals surface area contributed by atoms with Crippen LogP contribution in [-0.2, 0) is 18.4 Å². The first kappa shape index (κ1) is 15.8. The lowest BCUT2D eigenvalue weighted by atomic mass is 10.2. The van der Waals surface area contributed by atoms with E-state index in [1.54, 1.807) is 0 Å². The van der Waals surface area contributed by atoms with Crippen molar-refractivity contribution >= 4 is 5.91 Å². The topological polar surface area (TPSA) is 37.3 Å². The first-order valence-corrected chi connectivity index (χ1v) is 7.06. The second kappa shape index (κ2) is 6.75. The van der Waals surface area contributed by atoms with Gasteiger partial charge in [0.15, 0.2) is 0 Å². The van der Waals surface area contributed by atoms with Gasteiger partial charge >= 0.3 is 0 Å². The lowest BCUT2D eigenvalue weighted by Crippen LogP contribution is -2.44. The molecule has 19 heavy (non-hydrogen) atoms. The predicted octanol–water partition coefficient (Wildman–Crippen LogP) is 1.99. The summed E-state index contributed by atoms with van der Waals surface area (Å²) in [6, 6.07) is 2.04. The number of aromatic nitrogens is 1. The van der Waals surface area contributed by atoms with Gasteiger partial charge in [-0.05, 0) is 46.2 Å². The maximum Gasteiger partial charge on any atom is 0.239 e. The number of hydrogen-bond acceptors (Lipinski definition) is 2. The van der Waals surface area contributed by atoms with Gasteiger partial charge in [0.05, 0.1) is 6.04 Å². The van der Waals surface area contributed by atoms with Crippen LogP contribution in [0.4, 0.5) is 0 Å². The number of rotatable bonds is 6. The SMILES string of the molecule is CCN(CC)C(=O)C(C)NCc1cc(C)n(C)c1C. The summed E-state index contributed by atoms with van der Waals surface area (Å²) in [5, 5.41) is 3.32. The Labute approximate surface area is 116 Å². The van der Waals surface area contributed by atoms with E-state index in [1.807, 2.05) is 25.7 Å². The van der Waals surface area contributed by atoms with Gasteiger partial charge in [-0.15, -0.1) is 0 Å². The predicted molar refractivity (Wildman–Crippen MR) is 79.1 cm³/mol. The molecule has 0 radical (unpaired) electrons. The van der Waals surface area contributed by atoms with E-state index >= 15 is 0 Å². The fourth-order valence-electron chi connectivity index (χ4n) is 2.27. The summed E-state index contributed by atoms with van der Waals surface area (Å²) in [5.74, 6) is 0.176. The van der Waals surface area contributed by atoms with Crippen molar-refractivity contribution in [2.45, 2.75) is 47.2 Å². The molecule has 0 aliphatic carbocycles. The normalized spacial score (nSPS) is 12.5. The molecule has 0 fully saturated rings. The summed E-state index contributed by atoms with van der Waals surface area (Å²) in [5.41, 5.74) is 3.77. The van der Waals surface area contributed by atoms with E-state index in [9.17, 15) is 4.79 Å². The Hall–Kier alpha value is -1.29. The first-order chi connectivity index (χ1) is 8.92. The van der Waals surface area contributed by atoms with Crippen LogP contribution in [0, 0.1) is 13.8 Å². The van der Waals surface area contributed by atoms with Crippen molar-refractivity contribution in [3.8, 4) is 0 Å². The molecule has 0 saturated carbocycles. The molecule has 1 aromatic rings.